The van der Waals surface area contributed by atoms with E-state index in [4.69, 9.17) is 5.26 Å². The van der Waals surface area contributed by atoms with Gasteiger partial charge in [-0.3, -0.25) is 5.32 Å². The molecule has 1 aliphatic carbocycles. The zero-order valence-corrected chi connectivity index (χ0v) is 14.5. The topological polar surface area (TPSA) is 96.2 Å². The van der Waals surface area contributed by atoms with Crippen LogP contribution in [0.4, 0.5) is 5.82 Å². The van der Waals surface area contributed by atoms with Crippen LogP contribution in [0.1, 0.15) is 25.3 Å². The molecule has 0 radical (unpaired) electrons. The molecule has 3 heterocycles. The van der Waals surface area contributed by atoms with Crippen LogP contribution in [0.5, 0.6) is 0 Å². The molecular weight excluding hydrogens is 316 g/mol. The molecule has 0 amide bonds. The van der Waals surface area contributed by atoms with Crippen molar-refractivity contribution in [2.24, 2.45) is 4.99 Å². The maximum atomic E-state index is 9.04. The smallest absolute Gasteiger partial charge is 0.208 e. The van der Waals surface area contributed by atoms with Crippen molar-refractivity contribution in [1.29, 1.82) is 5.26 Å². The second kappa shape index (κ2) is 6.24. The summed E-state index contributed by atoms with van der Waals surface area (Å²) in [6.07, 6.45) is 7.86. The number of rotatable bonds is 2. The molecule has 1 atom stereocenters. The quantitative estimate of drug-likeness (QED) is 0.371. The van der Waals surface area contributed by atoms with Gasteiger partial charge in [-0.05, 0) is 32.3 Å². The summed E-state index contributed by atoms with van der Waals surface area (Å²) in [5.41, 5.74) is 2.03. The largest absolute Gasteiger partial charge is 0.352 e. The predicted molar refractivity (Wildman–Crippen MR) is 96.2 cm³/mol. The Labute approximate surface area is 146 Å². The summed E-state index contributed by atoms with van der Waals surface area (Å²) in [5.74, 6) is 1.69. The first-order valence-electron chi connectivity index (χ1n) is 8.70. The molecule has 1 saturated heterocycles. The third-order valence-electron chi connectivity index (χ3n) is 4.87. The van der Waals surface area contributed by atoms with E-state index in [2.05, 4.69) is 48.9 Å². The third-order valence-corrected chi connectivity index (χ3v) is 4.87. The van der Waals surface area contributed by atoms with Crippen molar-refractivity contribution in [3.63, 3.8) is 0 Å². The molecule has 4 rings (SSSR count). The average Bonchev–Trinajstić information content (AvgIpc) is 3.35. The van der Waals surface area contributed by atoms with Gasteiger partial charge in [-0.25, -0.2) is 15.0 Å². The lowest BCUT2D eigenvalue weighted by molar-refractivity contribution is 0.290. The first kappa shape index (κ1) is 15.7. The van der Waals surface area contributed by atoms with Crippen LogP contribution < -0.4 is 10.2 Å². The van der Waals surface area contributed by atoms with Crippen LogP contribution in [0.3, 0.4) is 0 Å². The van der Waals surface area contributed by atoms with Gasteiger partial charge in [-0.15, -0.1) is 0 Å². The highest BCUT2D eigenvalue weighted by Gasteiger charge is 2.30. The molecule has 2 aromatic heterocycles. The van der Waals surface area contributed by atoms with E-state index < -0.39 is 0 Å². The highest BCUT2D eigenvalue weighted by atomic mass is 15.4. The van der Waals surface area contributed by atoms with E-state index in [1.165, 1.54) is 0 Å². The van der Waals surface area contributed by atoms with Crippen LogP contribution in [0, 0.1) is 18.4 Å². The highest BCUT2D eigenvalue weighted by molar-refractivity contribution is 5.90. The van der Waals surface area contributed by atoms with Gasteiger partial charge in [0.1, 0.15) is 17.8 Å². The minimum Gasteiger partial charge on any atom is -0.352 e. The lowest BCUT2D eigenvalue weighted by Gasteiger charge is -2.41. The zero-order chi connectivity index (χ0) is 17.4. The second-order valence-corrected chi connectivity index (χ2v) is 6.80. The number of nitrogens with one attached hydrogen (secondary N) is 2. The summed E-state index contributed by atoms with van der Waals surface area (Å²) in [6, 6.07) is 0.612. The number of piperazine rings is 1. The molecule has 8 nitrogen and oxygen atoms in total. The number of aromatic nitrogens is 3. The number of guanidine groups is 1. The van der Waals surface area contributed by atoms with Crippen molar-refractivity contribution in [3.05, 3.63) is 18.1 Å². The van der Waals surface area contributed by atoms with E-state index in [-0.39, 0.29) is 6.04 Å². The molecule has 2 aromatic rings. The van der Waals surface area contributed by atoms with Gasteiger partial charge in [-0.1, -0.05) is 0 Å². The van der Waals surface area contributed by atoms with E-state index in [0.717, 1.165) is 54.9 Å². The summed E-state index contributed by atoms with van der Waals surface area (Å²) >= 11 is 0. The summed E-state index contributed by atoms with van der Waals surface area (Å²) in [7, 11) is 0. The molecule has 25 heavy (non-hydrogen) atoms. The van der Waals surface area contributed by atoms with Gasteiger partial charge < -0.3 is 14.8 Å². The number of anilines is 1. The van der Waals surface area contributed by atoms with Crippen LogP contribution in [0.15, 0.2) is 17.5 Å². The first-order chi connectivity index (χ1) is 12.2. The third kappa shape index (κ3) is 2.97. The highest BCUT2D eigenvalue weighted by Crippen LogP contribution is 2.28. The minimum atomic E-state index is 0.233. The van der Waals surface area contributed by atoms with Crippen molar-refractivity contribution in [2.45, 2.75) is 38.8 Å². The number of hydrogen-bond acceptors (Lipinski definition) is 5. The van der Waals surface area contributed by atoms with Gasteiger partial charge in [0.05, 0.1) is 11.4 Å². The fourth-order valence-corrected chi connectivity index (χ4v) is 3.41. The molecule has 0 aromatic carbocycles. The molecule has 130 valence electrons. The van der Waals surface area contributed by atoms with Crippen LogP contribution in [0.25, 0.3) is 11.0 Å². The fourth-order valence-electron chi connectivity index (χ4n) is 3.41. The average molecular weight is 338 g/mol. The summed E-state index contributed by atoms with van der Waals surface area (Å²) in [4.78, 5) is 21.2. The maximum absolute atomic E-state index is 9.04. The van der Waals surface area contributed by atoms with Crippen molar-refractivity contribution in [3.8, 4) is 6.19 Å². The maximum Gasteiger partial charge on any atom is 0.208 e. The molecule has 8 heteroatoms. The lowest BCUT2D eigenvalue weighted by Crippen LogP contribution is -2.57. The SMILES string of the molecule is Cc1c[nH]c2ncnc(N3CCN(C(=NC4CC4)NC#N)[C@@H](C)C3)c12. The van der Waals surface area contributed by atoms with Crippen molar-refractivity contribution in [2.75, 3.05) is 24.5 Å². The van der Waals surface area contributed by atoms with Gasteiger partial charge in [0, 0.05) is 31.9 Å². The molecule has 1 saturated carbocycles. The molecule has 2 aliphatic rings. The standard InChI is InChI=1S/C17H22N8/c1-11-7-19-15-14(11)16(22-10-21-15)24-5-6-25(12(2)8-24)17(20-9-18)23-13-3-4-13/h7,10,12-13H,3-6,8H2,1-2H3,(H,20,23)(H,19,21,22)/t12-/m0/s1. The second-order valence-electron chi connectivity index (χ2n) is 6.80. The van der Waals surface area contributed by atoms with Crippen molar-refractivity contribution >= 4 is 22.8 Å². The number of aliphatic imine (C=N–C) groups is 1. The predicted octanol–water partition coefficient (Wildman–Crippen LogP) is 1.37. The molecule has 2 N–H and O–H groups in total. The zero-order valence-electron chi connectivity index (χ0n) is 14.5. The van der Waals surface area contributed by atoms with Crippen molar-refractivity contribution in [1.82, 2.24) is 25.2 Å². The van der Waals surface area contributed by atoms with Crippen LogP contribution in [0.2, 0.25) is 0 Å². The van der Waals surface area contributed by atoms with Crippen LogP contribution >= 0.6 is 0 Å². The molecule has 1 aliphatic heterocycles. The van der Waals surface area contributed by atoms with Gasteiger partial charge >= 0.3 is 0 Å². The minimum absolute atomic E-state index is 0.233. The molecule has 0 bridgehead atoms. The Hall–Kier alpha value is -2.82. The van der Waals surface area contributed by atoms with Crippen LogP contribution in [-0.2, 0) is 0 Å². The number of fused-ring (bicyclic) bond motifs is 1. The summed E-state index contributed by atoms with van der Waals surface area (Å²) in [6.45, 7) is 6.69. The number of nitrogens with zero attached hydrogens (tertiary/aromatic N) is 6. The van der Waals surface area contributed by atoms with E-state index in [1.807, 2.05) is 12.4 Å². The Morgan fingerprint density at radius 2 is 2.24 bits per heavy atom. The Balaban J connectivity index is 1.56. The van der Waals surface area contributed by atoms with Crippen LogP contribution in [-0.4, -0.2) is 57.5 Å². The fraction of sp³-hybridized carbons (Fsp3) is 0.529. The van der Waals surface area contributed by atoms with Gasteiger partial charge in [0.2, 0.25) is 5.96 Å². The number of aryl methyl sites for hydroxylation is 1. The number of H-pyrrole nitrogens is 1. The van der Waals surface area contributed by atoms with Gasteiger partial charge in [0.15, 0.2) is 6.19 Å². The number of nitriles is 1. The Kier molecular flexibility index (Phi) is 3.92. The lowest BCUT2D eigenvalue weighted by atomic mass is 10.1. The molecule has 0 unspecified atom stereocenters. The number of hydrogen-bond donors (Lipinski definition) is 2. The Bertz CT molecular complexity index is 844. The Morgan fingerprint density at radius 1 is 1.40 bits per heavy atom. The molecule has 2 fully saturated rings. The monoisotopic (exact) mass is 338 g/mol. The summed E-state index contributed by atoms with van der Waals surface area (Å²) in [5, 5.41) is 12.9. The normalized spacial score (nSPS) is 21.5. The van der Waals surface area contributed by atoms with E-state index in [9.17, 15) is 0 Å². The first-order valence-corrected chi connectivity index (χ1v) is 8.70. The van der Waals surface area contributed by atoms with Gasteiger partial charge in [0.25, 0.3) is 0 Å². The van der Waals surface area contributed by atoms with Crippen molar-refractivity contribution < 1.29 is 0 Å². The summed E-state index contributed by atoms with van der Waals surface area (Å²) < 4.78 is 0. The van der Waals surface area contributed by atoms with E-state index >= 15 is 0 Å². The van der Waals surface area contributed by atoms with E-state index in [1.54, 1.807) is 6.33 Å². The Morgan fingerprint density at radius 3 is 2.96 bits per heavy atom. The van der Waals surface area contributed by atoms with Gasteiger partial charge in [-0.2, -0.15) is 5.26 Å². The molecule has 0 spiro atoms. The molecular formula is C17H22N8. The van der Waals surface area contributed by atoms with E-state index in [0.29, 0.717) is 12.0 Å². The number of aromatic amines is 1.